The average Bonchev–Trinajstić information content (AvgIpc) is 2.92. The lowest BCUT2D eigenvalue weighted by Gasteiger charge is -2.08. The normalized spacial score (nSPS) is 10.2. The van der Waals surface area contributed by atoms with E-state index in [2.05, 4.69) is 20.9 Å². The van der Waals surface area contributed by atoms with Crippen LogP contribution < -0.4 is 16.4 Å². The molecule has 0 spiro atoms. The van der Waals surface area contributed by atoms with Crippen LogP contribution in [0.2, 0.25) is 0 Å². The van der Waals surface area contributed by atoms with Crippen LogP contribution in [-0.2, 0) is 13.1 Å². The second-order valence-corrected chi connectivity index (χ2v) is 3.95. The number of hydrogen-bond acceptors (Lipinski definition) is 4. The van der Waals surface area contributed by atoms with E-state index in [1.54, 1.807) is 17.1 Å². The minimum atomic E-state index is -0.255. The van der Waals surface area contributed by atoms with Crippen molar-refractivity contribution in [2.75, 3.05) is 11.9 Å². The summed E-state index contributed by atoms with van der Waals surface area (Å²) in [6, 6.07) is 7.17. The number of carbonyl (C=O) groups excluding carboxylic acids is 1. The second-order valence-electron chi connectivity index (χ2n) is 3.95. The molecule has 4 N–H and O–H groups in total. The van der Waals surface area contributed by atoms with Crippen molar-refractivity contribution in [3.8, 4) is 0 Å². The molecule has 2 aromatic rings. The van der Waals surface area contributed by atoms with Crippen molar-refractivity contribution in [1.82, 2.24) is 20.3 Å². The fourth-order valence-corrected chi connectivity index (χ4v) is 1.59. The van der Waals surface area contributed by atoms with Crippen LogP contribution in [0.4, 0.5) is 10.5 Å². The molecule has 1 aromatic heterocycles. The monoisotopic (exact) mass is 260 g/mol. The molecule has 0 saturated carbocycles. The molecule has 1 aromatic carbocycles. The van der Waals surface area contributed by atoms with Gasteiger partial charge in [-0.25, -0.2) is 4.79 Å². The average molecular weight is 260 g/mol. The van der Waals surface area contributed by atoms with Crippen LogP contribution in [0.5, 0.6) is 0 Å². The van der Waals surface area contributed by atoms with Gasteiger partial charge in [0.2, 0.25) is 0 Å². The van der Waals surface area contributed by atoms with Gasteiger partial charge in [0.1, 0.15) is 0 Å². The van der Waals surface area contributed by atoms with Crippen molar-refractivity contribution in [3.63, 3.8) is 0 Å². The first-order chi connectivity index (χ1) is 9.28. The molecule has 0 unspecified atom stereocenters. The van der Waals surface area contributed by atoms with Gasteiger partial charge in [0, 0.05) is 25.0 Å². The second kappa shape index (κ2) is 6.50. The van der Waals surface area contributed by atoms with Gasteiger partial charge < -0.3 is 16.4 Å². The zero-order valence-corrected chi connectivity index (χ0v) is 10.4. The summed E-state index contributed by atoms with van der Waals surface area (Å²) in [6.45, 7) is 1.51. The first-order valence-electron chi connectivity index (χ1n) is 5.96. The zero-order valence-electron chi connectivity index (χ0n) is 10.4. The van der Waals surface area contributed by atoms with Crippen molar-refractivity contribution < 1.29 is 4.79 Å². The molecular formula is C12H16N6O. The Kier molecular flexibility index (Phi) is 4.46. The number of carbonyl (C=O) groups is 1. The summed E-state index contributed by atoms with van der Waals surface area (Å²) in [7, 11) is 0. The Labute approximate surface area is 110 Å². The van der Waals surface area contributed by atoms with E-state index in [9.17, 15) is 4.79 Å². The summed E-state index contributed by atoms with van der Waals surface area (Å²) in [5.41, 5.74) is 7.24. The molecule has 100 valence electrons. The molecule has 0 fully saturated rings. The molecule has 0 aliphatic heterocycles. The maximum Gasteiger partial charge on any atom is 0.319 e. The van der Waals surface area contributed by atoms with Gasteiger partial charge in [-0.2, -0.15) is 0 Å². The van der Waals surface area contributed by atoms with Gasteiger partial charge in [-0.15, -0.1) is 5.10 Å². The van der Waals surface area contributed by atoms with Gasteiger partial charge in [0.25, 0.3) is 0 Å². The quantitative estimate of drug-likeness (QED) is 0.731. The third-order valence-corrected chi connectivity index (χ3v) is 2.52. The highest BCUT2D eigenvalue weighted by molar-refractivity contribution is 5.89. The molecular weight excluding hydrogens is 244 g/mol. The van der Waals surface area contributed by atoms with Gasteiger partial charge in [0.15, 0.2) is 0 Å². The number of urea groups is 1. The van der Waals surface area contributed by atoms with E-state index in [1.165, 1.54) is 0 Å². The number of nitrogens with two attached hydrogens (primary N) is 1. The standard InChI is InChI=1S/C12H16N6O/c13-9-10-2-1-3-11(8-10)16-12(19)14-4-6-18-7-5-15-17-18/h1-3,5,7-8H,4,6,9,13H2,(H2,14,16,19). The first-order valence-corrected chi connectivity index (χ1v) is 5.96. The molecule has 7 heteroatoms. The number of amides is 2. The SMILES string of the molecule is NCc1cccc(NC(=O)NCCn2ccnn2)c1. The van der Waals surface area contributed by atoms with Crippen molar-refractivity contribution in [2.24, 2.45) is 5.73 Å². The molecule has 1 heterocycles. The molecule has 0 aliphatic rings. The van der Waals surface area contributed by atoms with E-state index in [4.69, 9.17) is 5.73 Å². The third-order valence-electron chi connectivity index (χ3n) is 2.52. The maximum absolute atomic E-state index is 11.6. The summed E-state index contributed by atoms with van der Waals surface area (Å²) < 4.78 is 1.65. The number of nitrogens with zero attached hydrogens (tertiary/aromatic N) is 3. The van der Waals surface area contributed by atoms with Crippen LogP contribution in [0.3, 0.4) is 0 Å². The lowest BCUT2D eigenvalue weighted by atomic mass is 10.2. The predicted octanol–water partition coefficient (Wildman–Crippen LogP) is 0.558. The van der Waals surface area contributed by atoms with E-state index < -0.39 is 0 Å². The Hall–Kier alpha value is -2.41. The molecule has 19 heavy (non-hydrogen) atoms. The maximum atomic E-state index is 11.6. The Morgan fingerprint density at radius 1 is 1.42 bits per heavy atom. The Morgan fingerprint density at radius 2 is 2.32 bits per heavy atom. The van der Waals surface area contributed by atoms with E-state index in [0.717, 1.165) is 11.3 Å². The van der Waals surface area contributed by atoms with Crippen LogP contribution in [0, 0.1) is 0 Å². The number of hydrogen-bond donors (Lipinski definition) is 3. The zero-order chi connectivity index (χ0) is 13.5. The van der Waals surface area contributed by atoms with Gasteiger partial charge in [-0.05, 0) is 17.7 Å². The van der Waals surface area contributed by atoms with Gasteiger partial charge in [0.05, 0.1) is 12.7 Å². The molecule has 0 radical (unpaired) electrons. The highest BCUT2D eigenvalue weighted by Crippen LogP contribution is 2.09. The lowest BCUT2D eigenvalue weighted by Crippen LogP contribution is -2.31. The number of anilines is 1. The van der Waals surface area contributed by atoms with E-state index in [-0.39, 0.29) is 6.03 Å². The van der Waals surface area contributed by atoms with Gasteiger partial charge in [-0.3, -0.25) is 4.68 Å². The van der Waals surface area contributed by atoms with E-state index in [0.29, 0.717) is 19.6 Å². The predicted molar refractivity (Wildman–Crippen MR) is 71.4 cm³/mol. The molecule has 7 nitrogen and oxygen atoms in total. The Bertz CT molecular complexity index is 525. The minimum Gasteiger partial charge on any atom is -0.336 e. The summed E-state index contributed by atoms with van der Waals surface area (Å²) in [6.07, 6.45) is 3.34. The van der Waals surface area contributed by atoms with E-state index >= 15 is 0 Å². The van der Waals surface area contributed by atoms with Crippen LogP contribution in [-0.4, -0.2) is 27.6 Å². The Balaban J connectivity index is 1.77. The molecule has 2 amide bonds. The summed E-state index contributed by atoms with van der Waals surface area (Å²) in [5, 5.41) is 13.0. The van der Waals surface area contributed by atoms with Crippen LogP contribution in [0.15, 0.2) is 36.7 Å². The smallest absolute Gasteiger partial charge is 0.319 e. The van der Waals surface area contributed by atoms with Gasteiger partial charge in [-0.1, -0.05) is 17.3 Å². The van der Waals surface area contributed by atoms with Crippen molar-refractivity contribution in [1.29, 1.82) is 0 Å². The van der Waals surface area contributed by atoms with Crippen LogP contribution in [0.1, 0.15) is 5.56 Å². The third kappa shape index (κ3) is 4.07. The molecule has 0 aliphatic carbocycles. The fraction of sp³-hybridized carbons (Fsp3) is 0.250. The number of benzene rings is 1. The van der Waals surface area contributed by atoms with E-state index in [1.807, 2.05) is 24.3 Å². The number of rotatable bonds is 5. The van der Waals surface area contributed by atoms with Crippen molar-refractivity contribution in [3.05, 3.63) is 42.2 Å². The van der Waals surface area contributed by atoms with Crippen LogP contribution >= 0.6 is 0 Å². The first kappa shape index (κ1) is 13.0. The lowest BCUT2D eigenvalue weighted by molar-refractivity contribution is 0.251. The van der Waals surface area contributed by atoms with Crippen molar-refractivity contribution in [2.45, 2.75) is 13.1 Å². The fourth-order valence-electron chi connectivity index (χ4n) is 1.59. The molecule has 0 saturated heterocycles. The van der Waals surface area contributed by atoms with Crippen LogP contribution in [0.25, 0.3) is 0 Å². The topological polar surface area (TPSA) is 97.9 Å². The highest BCUT2D eigenvalue weighted by Gasteiger charge is 2.01. The number of nitrogens with one attached hydrogen (secondary N) is 2. The Morgan fingerprint density at radius 3 is 3.05 bits per heavy atom. The van der Waals surface area contributed by atoms with Crippen molar-refractivity contribution >= 4 is 11.7 Å². The highest BCUT2D eigenvalue weighted by atomic mass is 16.2. The molecule has 0 atom stereocenters. The summed E-state index contributed by atoms with van der Waals surface area (Å²) in [5.74, 6) is 0. The molecule has 0 bridgehead atoms. The van der Waals surface area contributed by atoms with Gasteiger partial charge >= 0.3 is 6.03 Å². The minimum absolute atomic E-state index is 0.255. The summed E-state index contributed by atoms with van der Waals surface area (Å²) >= 11 is 0. The largest absolute Gasteiger partial charge is 0.336 e. The summed E-state index contributed by atoms with van der Waals surface area (Å²) in [4.78, 5) is 11.6. The molecule has 2 rings (SSSR count). The number of aromatic nitrogens is 3.